The average Bonchev–Trinajstić information content (AvgIpc) is 2.42. The van der Waals surface area contributed by atoms with Crippen LogP contribution in [0, 0.1) is 5.82 Å². The third-order valence-corrected chi connectivity index (χ3v) is 2.70. The Kier molecular flexibility index (Phi) is 4.36. The molecule has 2 aromatic rings. The molecule has 0 aliphatic carbocycles. The number of hydrogen-bond donors (Lipinski definition) is 1. The summed E-state index contributed by atoms with van der Waals surface area (Å²) in [6, 6.07) is 8.36. The van der Waals surface area contributed by atoms with Gasteiger partial charge in [0.1, 0.15) is 12.1 Å². The van der Waals surface area contributed by atoms with E-state index in [-0.39, 0.29) is 11.9 Å². The molecule has 0 fully saturated rings. The number of hydrogen-bond acceptors (Lipinski definition) is 3. The Bertz CT molecular complexity index is 470. The van der Waals surface area contributed by atoms with Gasteiger partial charge in [-0.05, 0) is 36.7 Å². The van der Waals surface area contributed by atoms with Crippen LogP contribution in [0.5, 0.6) is 0 Å². The van der Waals surface area contributed by atoms with Crippen molar-refractivity contribution in [1.29, 1.82) is 0 Å². The Morgan fingerprint density at radius 2 is 2.00 bits per heavy atom. The second kappa shape index (κ2) is 6.21. The topological polar surface area (TPSA) is 37.8 Å². The highest BCUT2D eigenvalue weighted by Gasteiger charge is 2.14. The molecule has 1 heterocycles. The van der Waals surface area contributed by atoms with E-state index < -0.39 is 0 Å². The van der Waals surface area contributed by atoms with Crippen LogP contribution >= 0.6 is 0 Å². The zero-order valence-electron chi connectivity index (χ0n) is 10.3. The second-order valence-electron chi connectivity index (χ2n) is 4.07. The highest BCUT2D eigenvalue weighted by atomic mass is 19.1. The van der Waals surface area contributed by atoms with E-state index in [1.807, 2.05) is 6.07 Å². The first kappa shape index (κ1) is 12.6. The summed E-state index contributed by atoms with van der Waals surface area (Å²) in [5.74, 6) is -0.226. The van der Waals surface area contributed by atoms with Crippen LogP contribution in [0.15, 0.2) is 42.9 Å². The lowest BCUT2D eigenvalue weighted by molar-refractivity contribution is 0.581. The molecule has 1 aromatic carbocycles. The lowest BCUT2D eigenvalue weighted by Gasteiger charge is -2.18. The molecule has 1 aromatic heterocycles. The monoisotopic (exact) mass is 245 g/mol. The van der Waals surface area contributed by atoms with Crippen molar-refractivity contribution in [2.45, 2.75) is 19.4 Å². The highest BCUT2D eigenvalue weighted by Crippen LogP contribution is 2.20. The molecular weight excluding hydrogens is 229 g/mol. The van der Waals surface area contributed by atoms with Crippen LogP contribution in [-0.2, 0) is 0 Å². The maximum absolute atomic E-state index is 13.0. The summed E-state index contributed by atoms with van der Waals surface area (Å²) in [6.07, 6.45) is 4.27. The molecule has 1 N–H and O–H groups in total. The molecule has 4 heteroatoms. The third kappa shape index (κ3) is 3.11. The van der Waals surface area contributed by atoms with Crippen LogP contribution in [0.25, 0.3) is 0 Å². The minimum atomic E-state index is -0.226. The van der Waals surface area contributed by atoms with Gasteiger partial charge < -0.3 is 5.32 Å². The molecule has 0 spiro atoms. The SMILES string of the molecule is CCCNC(c1ccc(F)cc1)c1ccncn1. The number of benzene rings is 1. The van der Waals surface area contributed by atoms with E-state index in [2.05, 4.69) is 22.2 Å². The molecule has 1 unspecified atom stereocenters. The number of aromatic nitrogens is 2. The zero-order chi connectivity index (χ0) is 12.8. The molecule has 0 amide bonds. The van der Waals surface area contributed by atoms with Gasteiger partial charge in [0.05, 0.1) is 11.7 Å². The van der Waals surface area contributed by atoms with Gasteiger partial charge in [-0.15, -0.1) is 0 Å². The number of nitrogens with one attached hydrogen (secondary N) is 1. The molecular formula is C14H16FN3. The van der Waals surface area contributed by atoms with Crippen molar-refractivity contribution in [1.82, 2.24) is 15.3 Å². The van der Waals surface area contributed by atoms with Gasteiger partial charge in [0.15, 0.2) is 0 Å². The first-order valence-corrected chi connectivity index (χ1v) is 6.06. The van der Waals surface area contributed by atoms with Gasteiger partial charge in [-0.1, -0.05) is 19.1 Å². The molecule has 94 valence electrons. The number of rotatable bonds is 5. The Balaban J connectivity index is 2.27. The summed E-state index contributed by atoms with van der Waals surface area (Å²) in [5.41, 5.74) is 1.90. The molecule has 0 radical (unpaired) electrons. The lowest BCUT2D eigenvalue weighted by atomic mass is 10.0. The summed E-state index contributed by atoms with van der Waals surface area (Å²) in [6.45, 7) is 2.99. The summed E-state index contributed by atoms with van der Waals surface area (Å²) in [5, 5.41) is 3.41. The van der Waals surface area contributed by atoms with Gasteiger partial charge in [0.2, 0.25) is 0 Å². The minimum absolute atomic E-state index is 0.0199. The average molecular weight is 245 g/mol. The smallest absolute Gasteiger partial charge is 0.123 e. The Morgan fingerprint density at radius 3 is 2.61 bits per heavy atom. The summed E-state index contributed by atoms with van der Waals surface area (Å²) >= 11 is 0. The van der Waals surface area contributed by atoms with Gasteiger partial charge in [0.25, 0.3) is 0 Å². The number of nitrogens with zero attached hydrogens (tertiary/aromatic N) is 2. The quantitative estimate of drug-likeness (QED) is 0.880. The van der Waals surface area contributed by atoms with Crippen LogP contribution in [0.2, 0.25) is 0 Å². The first-order chi connectivity index (χ1) is 8.81. The maximum Gasteiger partial charge on any atom is 0.123 e. The highest BCUT2D eigenvalue weighted by molar-refractivity contribution is 5.27. The molecule has 0 aliphatic heterocycles. The third-order valence-electron chi connectivity index (χ3n) is 2.70. The van der Waals surface area contributed by atoms with E-state index in [0.717, 1.165) is 24.2 Å². The van der Waals surface area contributed by atoms with Crippen LogP contribution in [0.3, 0.4) is 0 Å². The Hall–Kier alpha value is -1.81. The van der Waals surface area contributed by atoms with Crippen molar-refractivity contribution in [3.8, 4) is 0 Å². The minimum Gasteiger partial charge on any atom is -0.305 e. The van der Waals surface area contributed by atoms with Crippen molar-refractivity contribution in [2.75, 3.05) is 6.54 Å². The molecule has 18 heavy (non-hydrogen) atoms. The van der Waals surface area contributed by atoms with Gasteiger partial charge in [-0.25, -0.2) is 14.4 Å². The number of halogens is 1. The second-order valence-corrected chi connectivity index (χ2v) is 4.07. The summed E-state index contributed by atoms with van der Waals surface area (Å²) in [7, 11) is 0. The van der Waals surface area contributed by atoms with Gasteiger partial charge >= 0.3 is 0 Å². The van der Waals surface area contributed by atoms with E-state index >= 15 is 0 Å². The molecule has 1 atom stereocenters. The van der Waals surface area contributed by atoms with Gasteiger partial charge in [-0.3, -0.25) is 0 Å². The van der Waals surface area contributed by atoms with E-state index in [1.54, 1.807) is 18.3 Å². The van der Waals surface area contributed by atoms with Crippen molar-refractivity contribution < 1.29 is 4.39 Å². The van der Waals surface area contributed by atoms with Crippen LogP contribution in [0.4, 0.5) is 4.39 Å². The first-order valence-electron chi connectivity index (χ1n) is 6.06. The van der Waals surface area contributed by atoms with Gasteiger partial charge in [0, 0.05) is 6.20 Å². The molecule has 0 saturated heterocycles. The van der Waals surface area contributed by atoms with Crippen molar-refractivity contribution in [3.63, 3.8) is 0 Å². The summed E-state index contributed by atoms with van der Waals surface area (Å²) in [4.78, 5) is 8.18. The Labute approximate surface area is 106 Å². The maximum atomic E-state index is 13.0. The van der Waals surface area contributed by atoms with E-state index in [1.165, 1.54) is 18.5 Å². The normalized spacial score (nSPS) is 12.3. The van der Waals surface area contributed by atoms with E-state index in [9.17, 15) is 4.39 Å². The van der Waals surface area contributed by atoms with Crippen LogP contribution in [-0.4, -0.2) is 16.5 Å². The van der Waals surface area contributed by atoms with Crippen molar-refractivity contribution in [2.24, 2.45) is 0 Å². The summed E-state index contributed by atoms with van der Waals surface area (Å²) < 4.78 is 13.0. The lowest BCUT2D eigenvalue weighted by Crippen LogP contribution is -2.24. The van der Waals surface area contributed by atoms with E-state index in [0.29, 0.717) is 0 Å². The van der Waals surface area contributed by atoms with Gasteiger partial charge in [-0.2, -0.15) is 0 Å². The van der Waals surface area contributed by atoms with Crippen molar-refractivity contribution in [3.05, 3.63) is 59.9 Å². The predicted octanol–water partition coefficient (Wildman–Crippen LogP) is 2.70. The fourth-order valence-electron chi connectivity index (χ4n) is 1.81. The fourth-order valence-corrected chi connectivity index (χ4v) is 1.81. The molecule has 0 bridgehead atoms. The fraction of sp³-hybridized carbons (Fsp3) is 0.286. The molecule has 2 rings (SSSR count). The largest absolute Gasteiger partial charge is 0.305 e. The molecule has 0 aliphatic rings. The van der Waals surface area contributed by atoms with Crippen molar-refractivity contribution >= 4 is 0 Å². The predicted molar refractivity (Wildman–Crippen MR) is 68.6 cm³/mol. The standard InChI is InChI=1S/C14H16FN3/c1-2-8-17-14(13-7-9-16-10-18-13)11-3-5-12(15)6-4-11/h3-7,9-10,14,17H,2,8H2,1H3. The molecule has 0 saturated carbocycles. The van der Waals surface area contributed by atoms with Crippen LogP contribution in [0.1, 0.15) is 30.6 Å². The van der Waals surface area contributed by atoms with Crippen LogP contribution < -0.4 is 5.32 Å². The van der Waals surface area contributed by atoms with E-state index in [4.69, 9.17) is 0 Å². The zero-order valence-corrected chi connectivity index (χ0v) is 10.3. The Morgan fingerprint density at radius 1 is 1.22 bits per heavy atom. The molecule has 3 nitrogen and oxygen atoms in total.